The van der Waals surface area contributed by atoms with E-state index in [9.17, 15) is 9.59 Å². The van der Waals surface area contributed by atoms with Gasteiger partial charge in [0.2, 0.25) is 5.24 Å². The first-order chi connectivity index (χ1) is 8.15. The molecule has 94 valence electrons. The molecule has 0 aromatic carbocycles. The highest BCUT2D eigenvalue weighted by Crippen LogP contribution is 2.01. The molecule has 17 heavy (non-hydrogen) atoms. The Kier molecular flexibility index (Phi) is 5.98. The number of aromatic nitrogens is 1. The minimum atomic E-state index is -0.397. The van der Waals surface area contributed by atoms with Gasteiger partial charge in [-0.3, -0.25) is 9.59 Å². The van der Waals surface area contributed by atoms with Crippen molar-refractivity contribution in [3.05, 3.63) is 34.2 Å². The lowest BCUT2D eigenvalue weighted by atomic mass is 10.1. The molecule has 0 atom stereocenters. The van der Waals surface area contributed by atoms with E-state index in [1.165, 1.54) is 0 Å². The first kappa shape index (κ1) is 14.0. The molecule has 0 aliphatic rings. The third kappa shape index (κ3) is 4.73. The van der Waals surface area contributed by atoms with Crippen molar-refractivity contribution in [2.24, 2.45) is 0 Å². The van der Waals surface area contributed by atoms with Crippen LogP contribution in [0.2, 0.25) is 0 Å². The summed E-state index contributed by atoms with van der Waals surface area (Å²) >= 11 is 5.27. The van der Waals surface area contributed by atoms with E-state index in [-0.39, 0.29) is 12.0 Å². The fourth-order valence-corrected chi connectivity index (χ4v) is 1.81. The molecule has 0 saturated heterocycles. The largest absolute Gasteiger partial charge is 0.315 e. The van der Waals surface area contributed by atoms with Crippen LogP contribution in [0, 0.1) is 0 Å². The lowest BCUT2D eigenvalue weighted by molar-refractivity contribution is -0.111. The van der Waals surface area contributed by atoms with Crippen molar-refractivity contribution in [1.82, 2.24) is 4.57 Å². The Morgan fingerprint density at radius 1 is 1.41 bits per heavy atom. The van der Waals surface area contributed by atoms with Gasteiger partial charge in [-0.1, -0.05) is 25.8 Å². The normalized spacial score (nSPS) is 10.5. The quantitative estimate of drug-likeness (QED) is 0.555. The van der Waals surface area contributed by atoms with Crippen LogP contribution in [-0.4, -0.2) is 9.81 Å². The molecule has 0 fully saturated rings. The SMILES string of the molecule is CCCCCn1cccc(CCC(=O)Cl)c1=O. The van der Waals surface area contributed by atoms with Gasteiger partial charge in [-0.15, -0.1) is 0 Å². The Balaban J connectivity index is 2.69. The number of rotatable bonds is 7. The first-order valence-corrected chi connectivity index (χ1v) is 6.39. The van der Waals surface area contributed by atoms with Gasteiger partial charge in [-0.25, -0.2) is 0 Å². The predicted octanol–water partition coefficient (Wildman–Crippen LogP) is 2.74. The first-order valence-electron chi connectivity index (χ1n) is 6.01. The summed E-state index contributed by atoms with van der Waals surface area (Å²) in [5, 5.41) is -0.397. The van der Waals surface area contributed by atoms with E-state index >= 15 is 0 Å². The number of unbranched alkanes of at least 4 members (excludes halogenated alkanes) is 2. The molecule has 1 rings (SSSR count). The van der Waals surface area contributed by atoms with Crippen molar-refractivity contribution in [2.45, 2.75) is 45.6 Å². The molecule has 1 heterocycles. The summed E-state index contributed by atoms with van der Waals surface area (Å²) in [6, 6.07) is 3.61. The maximum Gasteiger partial charge on any atom is 0.253 e. The van der Waals surface area contributed by atoms with E-state index in [0.717, 1.165) is 25.8 Å². The lowest BCUT2D eigenvalue weighted by Crippen LogP contribution is -2.23. The zero-order valence-corrected chi connectivity index (χ0v) is 10.9. The van der Waals surface area contributed by atoms with Gasteiger partial charge in [-0.05, 0) is 30.5 Å². The molecule has 1 aromatic rings. The van der Waals surface area contributed by atoms with Crippen molar-refractivity contribution < 1.29 is 4.79 Å². The molecule has 0 aliphatic heterocycles. The fraction of sp³-hybridized carbons (Fsp3) is 0.538. The monoisotopic (exact) mass is 255 g/mol. The maximum atomic E-state index is 12.0. The van der Waals surface area contributed by atoms with Gasteiger partial charge >= 0.3 is 0 Å². The Morgan fingerprint density at radius 2 is 2.18 bits per heavy atom. The van der Waals surface area contributed by atoms with Crippen LogP contribution >= 0.6 is 11.6 Å². The summed E-state index contributed by atoms with van der Waals surface area (Å²) in [7, 11) is 0. The molecule has 0 bridgehead atoms. The van der Waals surface area contributed by atoms with Crippen molar-refractivity contribution in [1.29, 1.82) is 0 Å². The van der Waals surface area contributed by atoms with Crippen molar-refractivity contribution in [2.75, 3.05) is 0 Å². The van der Waals surface area contributed by atoms with Crippen LogP contribution in [0.3, 0.4) is 0 Å². The molecule has 0 aliphatic carbocycles. The average molecular weight is 256 g/mol. The molecular weight excluding hydrogens is 238 g/mol. The highest BCUT2D eigenvalue weighted by Gasteiger charge is 2.05. The Morgan fingerprint density at radius 3 is 2.82 bits per heavy atom. The zero-order chi connectivity index (χ0) is 12.7. The van der Waals surface area contributed by atoms with Crippen molar-refractivity contribution in [3.8, 4) is 0 Å². The van der Waals surface area contributed by atoms with Crippen LogP contribution in [-0.2, 0) is 17.8 Å². The molecule has 0 radical (unpaired) electrons. The molecule has 0 amide bonds. The van der Waals surface area contributed by atoms with Crippen LogP contribution < -0.4 is 5.56 Å². The molecule has 0 N–H and O–H groups in total. The minimum absolute atomic E-state index is 0.00141. The topological polar surface area (TPSA) is 39.1 Å². The summed E-state index contributed by atoms with van der Waals surface area (Å²) in [4.78, 5) is 22.7. The van der Waals surface area contributed by atoms with Crippen molar-refractivity contribution >= 4 is 16.8 Å². The number of carbonyl (C=O) groups excluding carboxylic acids is 1. The second-order valence-electron chi connectivity index (χ2n) is 4.09. The van der Waals surface area contributed by atoms with Crippen LogP contribution in [0.5, 0.6) is 0 Å². The Bertz CT molecular complexity index is 426. The summed E-state index contributed by atoms with van der Waals surface area (Å²) in [5.41, 5.74) is 0.666. The van der Waals surface area contributed by atoms with E-state index in [0.29, 0.717) is 12.0 Å². The lowest BCUT2D eigenvalue weighted by Gasteiger charge is -2.07. The molecule has 0 spiro atoms. The van der Waals surface area contributed by atoms with E-state index in [4.69, 9.17) is 11.6 Å². The van der Waals surface area contributed by atoms with E-state index in [1.807, 2.05) is 6.07 Å². The molecule has 0 unspecified atom stereocenters. The Labute approximate surface area is 106 Å². The number of pyridine rings is 1. The second kappa shape index (κ2) is 7.28. The van der Waals surface area contributed by atoms with Gasteiger partial charge in [0, 0.05) is 24.7 Å². The highest BCUT2D eigenvalue weighted by atomic mass is 35.5. The molecule has 4 heteroatoms. The van der Waals surface area contributed by atoms with Gasteiger partial charge in [0.15, 0.2) is 0 Å². The average Bonchev–Trinajstić information content (AvgIpc) is 2.30. The number of hydrogen-bond donors (Lipinski definition) is 0. The van der Waals surface area contributed by atoms with E-state index in [2.05, 4.69) is 6.92 Å². The van der Waals surface area contributed by atoms with Crippen LogP contribution in [0.15, 0.2) is 23.1 Å². The van der Waals surface area contributed by atoms with Gasteiger partial charge < -0.3 is 4.57 Å². The molecule has 0 saturated carbocycles. The highest BCUT2D eigenvalue weighted by molar-refractivity contribution is 6.63. The second-order valence-corrected chi connectivity index (χ2v) is 4.52. The molecular formula is C13H18ClNO2. The predicted molar refractivity (Wildman–Crippen MR) is 69.4 cm³/mol. The third-order valence-electron chi connectivity index (χ3n) is 2.69. The number of carbonyl (C=O) groups is 1. The molecule has 3 nitrogen and oxygen atoms in total. The Hall–Kier alpha value is -1.09. The summed E-state index contributed by atoms with van der Waals surface area (Å²) in [6.45, 7) is 2.88. The summed E-state index contributed by atoms with van der Waals surface area (Å²) in [6.07, 6.45) is 5.70. The van der Waals surface area contributed by atoms with Crippen LogP contribution in [0.25, 0.3) is 0 Å². The minimum Gasteiger partial charge on any atom is -0.315 e. The van der Waals surface area contributed by atoms with Crippen molar-refractivity contribution in [3.63, 3.8) is 0 Å². The third-order valence-corrected chi connectivity index (χ3v) is 2.88. The van der Waals surface area contributed by atoms with Gasteiger partial charge in [0.1, 0.15) is 0 Å². The number of hydrogen-bond acceptors (Lipinski definition) is 2. The van der Waals surface area contributed by atoms with Crippen LogP contribution in [0.1, 0.15) is 38.2 Å². The number of halogens is 1. The zero-order valence-electron chi connectivity index (χ0n) is 10.1. The number of nitrogens with zero attached hydrogens (tertiary/aromatic N) is 1. The maximum absolute atomic E-state index is 12.0. The van der Waals surface area contributed by atoms with Gasteiger partial charge in [0.25, 0.3) is 5.56 Å². The summed E-state index contributed by atoms with van der Waals surface area (Å²) in [5.74, 6) is 0. The van der Waals surface area contributed by atoms with Crippen LogP contribution in [0.4, 0.5) is 0 Å². The van der Waals surface area contributed by atoms with E-state index < -0.39 is 5.24 Å². The summed E-state index contributed by atoms with van der Waals surface area (Å²) < 4.78 is 1.71. The smallest absolute Gasteiger partial charge is 0.253 e. The van der Waals surface area contributed by atoms with Gasteiger partial charge in [-0.2, -0.15) is 0 Å². The van der Waals surface area contributed by atoms with Gasteiger partial charge in [0.05, 0.1) is 0 Å². The van der Waals surface area contributed by atoms with E-state index in [1.54, 1.807) is 16.8 Å². The standard InChI is InChI=1S/C13H18ClNO2/c1-2-3-4-9-15-10-5-6-11(13(15)17)7-8-12(14)16/h5-6,10H,2-4,7-9H2,1H3. The molecule has 1 aromatic heterocycles. The number of aryl methyl sites for hydroxylation is 2. The fourth-order valence-electron chi connectivity index (χ4n) is 1.72.